The Labute approximate surface area is 103 Å². The number of likely N-dealkylation sites (tertiary alicyclic amines) is 1. The first kappa shape index (κ1) is 13.9. The van der Waals surface area contributed by atoms with E-state index in [1.807, 2.05) is 11.9 Å². The minimum absolute atomic E-state index is 0.351. The highest BCUT2D eigenvalue weighted by molar-refractivity contribution is 7.99. The molecule has 1 saturated heterocycles. The molecule has 1 atom stereocenters. The van der Waals surface area contributed by atoms with E-state index >= 15 is 0 Å². The van der Waals surface area contributed by atoms with Crippen molar-refractivity contribution < 1.29 is 14.7 Å². The average molecular weight is 261 g/mol. The Morgan fingerprint density at radius 3 is 2.59 bits per heavy atom. The van der Waals surface area contributed by atoms with E-state index < -0.39 is 16.8 Å². The molecule has 1 aliphatic rings. The smallest absolute Gasteiger partial charge is 0.327 e. The van der Waals surface area contributed by atoms with Crippen molar-refractivity contribution in [3.63, 3.8) is 0 Å². The molecular formula is C9H15N3O4S. The van der Waals surface area contributed by atoms with Crippen molar-refractivity contribution in [3.05, 3.63) is 4.91 Å². The van der Waals surface area contributed by atoms with Gasteiger partial charge < -0.3 is 15.3 Å². The first-order chi connectivity index (χ1) is 8.05. The van der Waals surface area contributed by atoms with Crippen LogP contribution < -0.4 is 5.32 Å². The minimum Gasteiger partial charge on any atom is -0.480 e. The Hall–Kier alpha value is -1.15. The number of rotatable bonds is 6. The molecule has 0 bridgehead atoms. The minimum atomic E-state index is -1.14. The second-order valence-corrected chi connectivity index (χ2v) is 5.23. The fraction of sp³-hybridized carbons (Fsp3) is 0.778. The third-order valence-electron chi connectivity index (χ3n) is 3.06. The molecule has 0 aromatic rings. The fourth-order valence-corrected chi connectivity index (χ4v) is 2.81. The van der Waals surface area contributed by atoms with Crippen LogP contribution in [0.15, 0.2) is 4.58 Å². The van der Waals surface area contributed by atoms with Crippen molar-refractivity contribution >= 4 is 24.3 Å². The van der Waals surface area contributed by atoms with Gasteiger partial charge in [-0.05, 0) is 33.0 Å². The van der Waals surface area contributed by atoms with Crippen LogP contribution in [0.2, 0.25) is 0 Å². The molecule has 1 heterocycles. The summed E-state index contributed by atoms with van der Waals surface area (Å²) in [4.78, 5) is 34.2. The van der Waals surface area contributed by atoms with Gasteiger partial charge in [-0.3, -0.25) is 4.79 Å². The molecule has 2 N–H and O–H groups in total. The number of hydrogen-bond acceptors (Lipinski definition) is 6. The van der Waals surface area contributed by atoms with E-state index in [9.17, 15) is 14.5 Å². The van der Waals surface area contributed by atoms with Crippen LogP contribution in [0, 0.1) is 4.91 Å². The molecule has 0 radical (unpaired) electrons. The summed E-state index contributed by atoms with van der Waals surface area (Å²) in [6.07, 6.45) is 1.35. The third kappa shape index (κ3) is 3.16. The number of aliphatic carboxylic acids is 1. The summed E-state index contributed by atoms with van der Waals surface area (Å²) in [7, 11) is 1.92. The average Bonchev–Trinajstić information content (AvgIpc) is 2.29. The number of nitrogens with zero attached hydrogens (tertiary/aromatic N) is 2. The number of carbonyl (C=O) groups is 2. The topological polar surface area (TPSA) is 99.1 Å². The van der Waals surface area contributed by atoms with Crippen molar-refractivity contribution in [3.8, 4) is 0 Å². The molecule has 1 unspecified atom stereocenters. The molecule has 0 aromatic carbocycles. The number of carboxylic acids is 1. The molecule has 17 heavy (non-hydrogen) atoms. The number of nitrogens with one attached hydrogen (secondary N) is 1. The second-order valence-electron chi connectivity index (χ2n) is 4.09. The molecule has 1 amide bonds. The maximum Gasteiger partial charge on any atom is 0.327 e. The molecule has 96 valence electrons. The van der Waals surface area contributed by atoms with Gasteiger partial charge in [-0.25, -0.2) is 4.79 Å². The highest BCUT2D eigenvalue weighted by Crippen LogP contribution is 2.39. The maximum absolute atomic E-state index is 11.2. The zero-order chi connectivity index (χ0) is 12.9. The Morgan fingerprint density at radius 1 is 1.59 bits per heavy atom. The Balaban J connectivity index is 2.91. The van der Waals surface area contributed by atoms with E-state index in [0.29, 0.717) is 32.3 Å². The van der Waals surface area contributed by atoms with E-state index in [1.54, 1.807) is 0 Å². The lowest BCUT2D eigenvalue weighted by atomic mass is 9.88. The quantitative estimate of drug-likeness (QED) is 0.398. The van der Waals surface area contributed by atoms with Crippen molar-refractivity contribution in [2.45, 2.75) is 23.6 Å². The first-order valence-corrected chi connectivity index (χ1v) is 5.95. The molecule has 1 rings (SSSR count). The highest BCUT2D eigenvalue weighted by atomic mass is 32.2. The van der Waals surface area contributed by atoms with E-state index in [4.69, 9.17) is 5.11 Å². The highest BCUT2D eigenvalue weighted by Gasteiger charge is 2.46. The summed E-state index contributed by atoms with van der Waals surface area (Å²) in [6.45, 7) is 1.35. The van der Waals surface area contributed by atoms with Crippen LogP contribution in [-0.4, -0.2) is 53.3 Å². The number of carbonyl (C=O) groups excluding carboxylic acids is 1. The van der Waals surface area contributed by atoms with E-state index in [-0.39, 0.29) is 0 Å². The largest absolute Gasteiger partial charge is 0.480 e. The number of piperidine rings is 1. The summed E-state index contributed by atoms with van der Waals surface area (Å²) in [5.74, 6) is -1.14. The number of hydrogen-bond donors (Lipinski definition) is 2. The SMILES string of the molecule is CN1CCC(SN=O)(C(NC=O)C(=O)O)CC1. The van der Waals surface area contributed by atoms with Gasteiger partial charge in [-0.2, -0.15) is 0 Å². The van der Waals surface area contributed by atoms with Gasteiger partial charge in [-0.1, -0.05) is 0 Å². The predicted octanol–water partition coefficient (Wildman–Crippen LogP) is 0.0646. The third-order valence-corrected chi connectivity index (χ3v) is 4.14. The van der Waals surface area contributed by atoms with Gasteiger partial charge in [0.15, 0.2) is 0 Å². The van der Waals surface area contributed by atoms with Crippen LogP contribution in [0.4, 0.5) is 0 Å². The van der Waals surface area contributed by atoms with Gasteiger partial charge in [0.2, 0.25) is 6.41 Å². The van der Waals surface area contributed by atoms with Gasteiger partial charge in [0.05, 0.1) is 4.75 Å². The van der Waals surface area contributed by atoms with Gasteiger partial charge in [0, 0.05) is 16.5 Å². The van der Waals surface area contributed by atoms with Crippen LogP contribution in [0.5, 0.6) is 0 Å². The molecule has 0 saturated carbocycles. The Morgan fingerprint density at radius 2 is 2.18 bits per heavy atom. The zero-order valence-electron chi connectivity index (χ0n) is 9.46. The van der Waals surface area contributed by atoms with E-state index in [1.165, 1.54) is 0 Å². The summed E-state index contributed by atoms with van der Waals surface area (Å²) < 4.78 is 1.92. The van der Waals surface area contributed by atoms with Crippen molar-refractivity contribution in [2.75, 3.05) is 20.1 Å². The van der Waals surface area contributed by atoms with E-state index in [0.717, 1.165) is 11.9 Å². The van der Waals surface area contributed by atoms with Crippen LogP contribution in [-0.2, 0) is 9.59 Å². The van der Waals surface area contributed by atoms with Crippen molar-refractivity contribution in [1.29, 1.82) is 0 Å². The molecule has 8 heteroatoms. The van der Waals surface area contributed by atoms with Gasteiger partial charge in [0.25, 0.3) is 0 Å². The summed E-state index contributed by atoms with van der Waals surface area (Å²) in [5, 5.41) is 11.4. The lowest BCUT2D eigenvalue weighted by Crippen LogP contribution is -2.57. The fourth-order valence-electron chi connectivity index (χ4n) is 2.02. The van der Waals surface area contributed by atoms with Crippen LogP contribution >= 0.6 is 11.9 Å². The predicted molar refractivity (Wildman–Crippen MR) is 63.5 cm³/mol. The molecule has 1 fully saturated rings. The maximum atomic E-state index is 11.2. The molecule has 0 aromatic heterocycles. The van der Waals surface area contributed by atoms with Crippen LogP contribution in [0.3, 0.4) is 0 Å². The van der Waals surface area contributed by atoms with Crippen molar-refractivity contribution in [1.82, 2.24) is 10.2 Å². The van der Waals surface area contributed by atoms with Gasteiger partial charge in [0.1, 0.15) is 6.04 Å². The second kappa shape index (κ2) is 5.97. The van der Waals surface area contributed by atoms with Crippen molar-refractivity contribution in [2.24, 2.45) is 4.58 Å². The molecular weight excluding hydrogens is 246 g/mol. The standard InChI is InChI=1S/C9H15N3O4S/c1-12-4-2-9(3-5-12,17-11-16)7(8(14)15)10-6-13/h6-7H,2-5H2,1H3,(H,10,13)(H,14,15). The monoisotopic (exact) mass is 261 g/mol. The lowest BCUT2D eigenvalue weighted by Gasteiger charge is -2.40. The Kier molecular flexibility index (Phi) is 4.88. The zero-order valence-corrected chi connectivity index (χ0v) is 10.3. The molecule has 1 aliphatic heterocycles. The summed E-state index contributed by atoms with van der Waals surface area (Å²) in [6, 6.07) is -1.09. The van der Waals surface area contributed by atoms with Crippen LogP contribution in [0.1, 0.15) is 12.8 Å². The molecule has 7 nitrogen and oxygen atoms in total. The molecule has 0 spiro atoms. The summed E-state index contributed by atoms with van der Waals surface area (Å²) in [5.41, 5.74) is 0. The number of carboxylic acid groups (broad SMARTS) is 1. The Bertz CT molecular complexity index is 305. The number of amides is 1. The summed E-state index contributed by atoms with van der Waals surface area (Å²) >= 11 is 0.719. The first-order valence-electron chi connectivity index (χ1n) is 5.17. The van der Waals surface area contributed by atoms with Gasteiger partial charge in [-0.15, -0.1) is 4.91 Å². The normalized spacial score (nSPS) is 21.5. The molecule has 0 aliphatic carbocycles. The van der Waals surface area contributed by atoms with E-state index in [2.05, 4.69) is 9.90 Å². The van der Waals surface area contributed by atoms with Crippen LogP contribution in [0.25, 0.3) is 0 Å². The van der Waals surface area contributed by atoms with Gasteiger partial charge >= 0.3 is 5.97 Å². The number of nitroso groups, excluding NO2 is 1. The lowest BCUT2D eigenvalue weighted by molar-refractivity contribution is -0.142.